The van der Waals surface area contributed by atoms with Crippen molar-refractivity contribution in [1.82, 2.24) is 15.0 Å². The summed E-state index contributed by atoms with van der Waals surface area (Å²) >= 11 is 1.42. The van der Waals surface area contributed by atoms with E-state index in [1.807, 2.05) is 6.92 Å². The maximum atomic E-state index is 14.0. The van der Waals surface area contributed by atoms with Crippen LogP contribution in [0.15, 0.2) is 24.7 Å². The zero-order chi connectivity index (χ0) is 14.1. The molecule has 0 saturated carbocycles. The van der Waals surface area contributed by atoms with Gasteiger partial charge in [0.2, 0.25) is 6.41 Å². The van der Waals surface area contributed by atoms with Gasteiger partial charge in [-0.15, -0.1) is 0 Å². The summed E-state index contributed by atoms with van der Waals surface area (Å²) in [7, 11) is 0. The molecule has 3 rings (SSSR count). The van der Waals surface area contributed by atoms with E-state index in [1.165, 1.54) is 23.7 Å². The van der Waals surface area contributed by atoms with Gasteiger partial charge in [-0.05, 0) is 13.0 Å². The monoisotopic (exact) mass is 288 g/mol. The number of amides is 1. The van der Waals surface area contributed by atoms with Crippen molar-refractivity contribution in [3.8, 4) is 11.1 Å². The predicted molar refractivity (Wildman–Crippen MR) is 75.0 cm³/mol. The minimum Gasteiger partial charge on any atom is -0.327 e. The van der Waals surface area contributed by atoms with Gasteiger partial charge in [-0.2, -0.15) is 0 Å². The van der Waals surface area contributed by atoms with Crippen LogP contribution in [0.3, 0.4) is 0 Å². The number of aromatic nitrogens is 3. The van der Waals surface area contributed by atoms with Gasteiger partial charge in [-0.1, -0.05) is 11.3 Å². The minimum absolute atomic E-state index is 0.335. The molecule has 1 N–H and O–H groups in total. The van der Waals surface area contributed by atoms with Crippen molar-refractivity contribution >= 4 is 33.8 Å². The van der Waals surface area contributed by atoms with Crippen LogP contribution in [-0.4, -0.2) is 21.4 Å². The first-order chi connectivity index (χ1) is 9.70. The fourth-order valence-corrected chi connectivity index (χ4v) is 2.77. The average Bonchev–Trinajstić information content (AvgIpc) is 2.80. The number of rotatable bonds is 3. The van der Waals surface area contributed by atoms with Crippen LogP contribution >= 0.6 is 11.3 Å². The lowest BCUT2D eigenvalue weighted by Crippen LogP contribution is -1.99. The lowest BCUT2D eigenvalue weighted by Gasteiger charge is -2.09. The summed E-state index contributed by atoms with van der Waals surface area (Å²) in [6.07, 6.45) is 4.66. The summed E-state index contributed by atoms with van der Waals surface area (Å²) in [5.74, 6) is -0.473. The van der Waals surface area contributed by atoms with Gasteiger partial charge in [-0.25, -0.2) is 14.4 Å². The molecule has 0 unspecified atom stereocenters. The third kappa shape index (κ3) is 2.01. The second-order valence-electron chi connectivity index (χ2n) is 4.05. The Kier molecular flexibility index (Phi) is 3.11. The Bertz CT molecular complexity index is 802. The van der Waals surface area contributed by atoms with Crippen molar-refractivity contribution in [3.05, 3.63) is 35.5 Å². The summed E-state index contributed by atoms with van der Waals surface area (Å²) in [5, 5.41) is 3.36. The first kappa shape index (κ1) is 12.6. The predicted octanol–water partition coefficient (Wildman–Crippen LogP) is 2.77. The van der Waals surface area contributed by atoms with E-state index in [9.17, 15) is 9.18 Å². The smallest absolute Gasteiger partial charge is 0.211 e. The van der Waals surface area contributed by atoms with E-state index < -0.39 is 5.82 Å². The van der Waals surface area contributed by atoms with Gasteiger partial charge >= 0.3 is 0 Å². The Balaban J connectivity index is 2.38. The summed E-state index contributed by atoms with van der Waals surface area (Å²) in [4.78, 5) is 23.8. The summed E-state index contributed by atoms with van der Waals surface area (Å²) in [6.45, 7) is 1.85. The summed E-state index contributed by atoms with van der Waals surface area (Å²) in [6, 6.07) is 1.55. The summed E-state index contributed by atoms with van der Waals surface area (Å²) in [5.41, 5.74) is 1.85. The van der Waals surface area contributed by atoms with Crippen LogP contribution in [0.4, 0.5) is 10.1 Å². The topological polar surface area (TPSA) is 67.8 Å². The molecule has 3 aromatic heterocycles. The first-order valence-electron chi connectivity index (χ1n) is 5.77. The van der Waals surface area contributed by atoms with Crippen molar-refractivity contribution in [3.63, 3.8) is 0 Å². The lowest BCUT2D eigenvalue weighted by atomic mass is 10.1. The van der Waals surface area contributed by atoms with Gasteiger partial charge in [0, 0.05) is 17.3 Å². The quantitative estimate of drug-likeness (QED) is 0.752. The van der Waals surface area contributed by atoms with Crippen LogP contribution in [0, 0.1) is 12.7 Å². The molecule has 7 heteroatoms. The number of anilines is 1. The molecule has 0 aromatic carbocycles. The number of aryl methyl sites for hydroxylation is 1. The highest BCUT2D eigenvalue weighted by atomic mass is 32.1. The largest absolute Gasteiger partial charge is 0.327 e. The fourth-order valence-electron chi connectivity index (χ4n) is 2.01. The molecule has 0 radical (unpaired) electrons. The van der Waals surface area contributed by atoms with E-state index in [0.29, 0.717) is 33.6 Å². The van der Waals surface area contributed by atoms with Crippen LogP contribution in [0.2, 0.25) is 0 Å². The molecule has 0 saturated heterocycles. The molecule has 0 atom stereocenters. The lowest BCUT2D eigenvalue weighted by molar-refractivity contribution is -0.105. The van der Waals surface area contributed by atoms with Gasteiger partial charge in [0.1, 0.15) is 16.2 Å². The van der Waals surface area contributed by atoms with Crippen molar-refractivity contribution in [2.45, 2.75) is 6.92 Å². The number of hydrogen-bond acceptors (Lipinski definition) is 5. The van der Waals surface area contributed by atoms with Crippen LogP contribution in [-0.2, 0) is 4.79 Å². The van der Waals surface area contributed by atoms with Gasteiger partial charge in [0.15, 0.2) is 0 Å². The maximum absolute atomic E-state index is 14.0. The molecule has 0 aliphatic heterocycles. The molecule has 5 nitrogen and oxygen atoms in total. The van der Waals surface area contributed by atoms with Crippen molar-refractivity contribution in [1.29, 1.82) is 0 Å². The highest BCUT2D eigenvalue weighted by molar-refractivity contribution is 7.18. The zero-order valence-corrected chi connectivity index (χ0v) is 11.2. The summed E-state index contributed by atoms with van der Waals surface area (Å²) < 4.78 is 14.0. The number of nitrogens with zero attached hydrogens (tertiary/aromatic N) is 3. The van der Waals surface area contributed by atoms with Gasteiger partial charge < -0.3 is 5.32 Å². The van der Waals surface area contributed by atoms with Crippen LogP contribution in [0.25, 0.3) is 21.5 Å². The Hall–Kier alpha value is -2.41. The van der Waals surface area contributed by atoms with Crippen LogP contribution < -0.4 is 5.32 Å². The average molecular weight is 288 g/mol. The molecule has 0 aliphatic rings. The highest BCUT2D eigenvalue weighted by Gasteiger charge is 2.17. The highest BCUT2D eigenvalue weighted by Crippen LogP contribution is 2.36. The standard InChI is InChI=1S/C13H9FN4OS/c1-7-18-12-11(8-2-3-15-4-9(8)14)10(17-6-19)5-16-13(12)20-7/h2-6H,1H3,(H,17,19). The van der Waals surface area contributed by atoms with Crippen molar-refractivity contribution < 1.29 is 9.18 Å². The van der Waals surface area contributed by atoms with E-state index in [4.69, 9.17) is 0 Å². The molecule has 0 aliphatic carbocycles. The number of thiazole rings is 1. The van der Waals surface area contributed by atoms with Crippen molar-refractivity contribution in [2.75, 3.05) is 5.32 Å². The third-order valence-electron chi connectivity index (χ3n) is 2.79. The number of carbonyl (C=O) groups is 1. The Morgan fingerprint density at radius 2 is 2.25 bits per heavy atom. The van der Waals surface area contributed by atoms with E-state index >= 15 is 0 Å². The number of halogens is 1. The molecule has 0 spiro atoms. The van der Waals surface area contributed by atoms with E-state index in [-0.39, 0.29) is 0 Å². The molecular weight excluding hydrogens is 279 g/mol. The molecule has 0 bridgehead atoms. The van der Waals surface area contributed by atoms with Crippen LogP contribution in [0.5, 0.6) is 0 Å². The maximum Gasteiger partial charge on any atom is 0.211 e. The SMILES string of the molecule is Cc1nc2c(-c3ccncc3F)c(NC=O)cnc2s1. The zero-order valence-electron chi connectivity index (χ0n) is 10.4. The second kappa shape index (κ2) is 4.93. The van der Waals surface area contributed by atoms with E-state index in [1.54, 1.807) is 6.07 Å². The number of pyridine rings is 2. The second-order valence-corrected chi connectivity index (χ2v) is 5.23. The first-order valence-corrected chi connectivity index (χ1v) is 6.58. The van der Waals surface area contributed by atoms with Gasteiger partial charge in [-0.3, -0.25) is 9.78 Å². The Morgan fingerprint density at radius 3 is 3.00 bits per heavy atom. The molecule has 20 heavy (non-hydrogen) atoms. The number of hydrogen-bond donors (Lipinski definition) is 1. The molecule has 100 valence electrons. The number of fused-ring (bicyclic) bond motifs is 1. The molecule has 3 aromatic rings. The minimum atomic E-state index is -0.473. The van der Waals surface area contributed by atoms with E-state index in [0.717, 1.165) is 11.2 Å². The molecular formula is C13H9FN4OS. The van der Waals surface area contributed by atoms with Crippen molar-refractivity contribution in [2.24, 2.45) is 0 Å². The third-order valence-corrected chi connectivity index (χ3v) is 3.67. The Labute approximate surface area is 117 Å². The number of nitrogens with one attached hydrogen (secondary N) is 1. The van der Waals surface area contributed by atoms with Crippen LogP contribution in [0.1, 0.15) is 5.01 Å². The normalized spacial score (nSPS) is 10.7. The Morgan fingerprint density at radius 1 is 1.40 bits per heavy atom. The van der Waals surface area contributed by atoms with Gasteiger partial charge in [0.25, 0.3) is 0 Å². The van der Waals surface area contributed by atoms with Gasteiger partial charge in [0.05, 0.1) is 23.1 Å². The van der Waals surface area contributed by atoms with E-state index in [2.05, 4.69) is 20.3 Å². The number of carbonyl (C=O) groups excluding carboxylic acids is 1. The molecule has 3 heterocycles. The molecule has 1 amide bonds. The molecule has 0 fully saturated rings. The fraction of sp³-hybridized carbons (Fsp3) is 0.0769.